The summed E-state index contributed by atoms with van der Waals surface area (Å²) in [7, 11) is 3.16. The number of benzene rings is 1. The molecule has 1 amide bonds. The highest BCUT2D eigenvalue weighted by Crippen LogP contribution is 2.58. The van der Waals surface area contributed by atoms with Gasteiger partial charge in [-0.2, -0.15) is 0 Å². The Labute approximate surface area is 146 Å². The molecule has 4 rings (SSSR count). The van der Waals surface area contributed by atoms with Crippen molar-refractivity contribution in [2.45, 2.75) is 18.8 Å². The van der Waals surface area contributed by atoms with E-state index >= 15 is 4.39 Å². The summed E-state index contributed by atoms with van der Waals surface area (Å²) < 4.78 is 15.1. The molecule has 5 nitrogen and oxygen atoms in total. The molecular weight excluding hydrogens is 319 g/mol. The number of nitrogens with zero attached hydrogens (tertiary/aromatic N) is 2. The molecule has 1 fully saturated rings. The normalized spacial score (nSPS) is 23.3. The van der Waals surface area contributed by atoms with E-state index in [-0.39, 0.29) is 16.7 Å². The SMILES string of the molecule is C[C@H]1C[C@@]12CNc1ncc(-c3ccc(N)c(C(=O)N(C)C)c3F)cc12. The van der Waals surface area contributed by atoms with Crippen LogP contribution in [0.2, 0.25) is 0 Å². The molecule has 1 aliphatic carbocycles. The van der Waals surface area contributed by atoms with Crippen LogP contribution in [-0.2, 0) is 5.41 Å². The molecule has 2 aliphatic rings. The standard InChI is InChI=1S/C19H21FN4O/c1-10-7-19(10)9-23-17-13(19)6-11(8-22-17)12-4-5-14(21)15(16(12)20)18(25)24(2)3/h4-6,8,10H,7,9,21H2,1-3H3,(H,22,23)/t10-,19+/m0/s1. The molecule has 2 heterocycles. The molecule has 1 spiro atoms. The highest BCUT2D eigenvalue weighted by Gasteiger charge is 2.56. The Bertz CT molecular complexity index is 895. The molecule has 2 aromatic rings. The largest absolute Gasteiger partial charge is 0.398 e. The minimum absolute atomic E-state index is 0.0874. The summed E-state index contributed by atoms with van der Waals surface area (Å²) in [5.74, 6) is 0.443. The van der Waals surface area contributed by atoms with Gasteiger partial charge in [0.15, 0.2) is 0 Å². The molecule has 1 aromatic heterocycles. The molecule has 0 saturated heterocycles. The van der Waals surface area contributed by atoms with Gasteiger partial charge in [0.1, 0.15) is 11.6 Å². The van der Waals surface area contributed by atoms with Crippen LogP contribution in [0, 0.1) is 11.7 Å². The van der Waals surface area contributed by atoms with Gasteiger partial charge < -0.3 is 16.0 Å². The van der Waals surface area contributed by atoms with Gasteiger partial charge in [-0.1, -0.05) is 6.92 Å². The van der Waals surface area contributed by atoms with E-state index in [0.717, 1.165) is 24.3 Å². The Kier molecular flexibility index (Phi) is 3.29. The second-order valence-electron chi connectivity index (χ2n) is 7.33. The Morgan fingerprint density at radius 3 is 2.80 bits per heavy atom. The summed E-state index contributed by atoms with van der Waals surface area (Å²) in [4.78, 5) is 18.1. The molecule has 1 saturated carbocycles. The fourth-order valence-electron chi connectivity index (χ4n) is 3.83. The quantitative estimate of drug-likeness (QED) is 0.825. The minimum Gasteiger partial charge on any atom is -0.398 e. The van der Waals surface area contributed by atoms with E-state index in [2.05, 4.69) is 17.2 Å². The van der Waals surface area contributed by atoms with Crippen LogP contribution >= 0.6 is 0 Å². The zero-order chi connectivity index (χ0) is 17.9. The predicted molar refractivity (Wildman–Crippen MR) is 96.0 cm³/mol. The van der Waals surface area contributed by atoms with Crippen molar-refractivity contribution in [1.82, 2.24) is 9.88 Å². The van der Waals surface area contributed by atoms with E-state index in [4.69, 9.17) is 5.73 Å². The molecule has 3 N–H and O–H groups in total. The number of hydrogen-bond donors (Lipinski definition) is 2. The van der Waals surface area contributed by atoms with Crippen LogP contribution in [0.1, 0.15) is 29.3 Å². The zero-order valence-electron chi connectivity index (χ0n) is 14.6. The van der Waals surface area contributed by atoms with E-state index in [9.17, 15) is 4.79 Å². The van der Waals surface area contributed by atoms with Gasteiger partial charge in [0, 0.05) is 54.6 Å². The average molecular weight is 340 g/mol. The van der Waals surface area contributed by atoms with Crippen LogP contribution in [0.25, 0.3) is 11.1 Å². The number of carbonyl (C=O) groups is 1. The van der Waals surface area contributed by atoms with E-state index in [1.54, 1.807) is 32.4 Å². The van der Waals surface area contributed by atoms with Gasteiger partial charge >= 0.3 is 0 Å². The molecule has 0 bridgehead atoms. The number of carbonyl (C=O) groups excluding carboxylic acids is 1. The summed E-state index contributed by atoms with van der Waals surface area (Å²) in [6.07, 6.45) is 2.77. The summed E-state index contributed by atoms with van der Waals surface area (Å²) in [5.41, 5.74) is 8.21. The van der Waals surface area contributed by atoms with Gasteiger partial charge in [0.25, 0.3) is 5.91 Å². The second kappa shape index (κ2) is 5.18. The molecule has 2 atom stereocenters. The van der Waals surface area contributed by atoms with Crippen LogP contribution in [0.4, 0.5) is 15.9 Å². The first kappa shape index (κ1) is 15.9. The van der Waals surface area contributed by atoms with Crippen molar-refractivity contribution in [1.29, 1.82) is 0 Å². The lowest BCUT2D eigenvalue weighted by Gasteiger charge is -2.16. The number of pyridine rings is 1. The highest BCUT2D eigenvalue weighted by atomic mass is 19.1. The van der Waals surface area contributed by atoms with Crippen molar-refractivity contribution < 1.29 is 9.18 Å². The number of rotatable bonds is 2. The third kappa shape index (κ3) is 2.20. The van der Waals surface area contributed by atoms with Gasteiger partial charge in [-0.15, -0.1) is 0 Å². The number of nitrogens with one attached hydrogen (secondary N) is 1. The number of anilines is 2. The zero-order valence-corrected chi connectivity index (χ0v) is 14.6. The highest BCUT2D eigenvalue weighted by molar-refractivity contribution is 6.00. The number of fused-ring (bicyclic) bond motifs is 2. The summed E-state index contributed by atoms with van der Waals surface area (Å²) >= 11 is 0. The number of aromatic nitrogens is 1. The fourth-order valence-corrected chi connectivity index (χ4v) is 3.83. The maximum atomic E-state index is 15.1. The maximum Gasteiger partial charge on any atom is 0.258 e. The topological polar surface area (TPSA) is 71.2 Å². The van der Waals surface area contributed by atoms with Crippen molar-refractivity contribution in [2.24, 2.45) is 5.92 Å². The predicted octanol–water partition coefficient (Wildman–Crippen LogP) is 2.87. The average Bonchev–Trinajstić information content (AvgIpc) is 3.09. The van der Waals surface area contributed by atoms with Gasteiger partial charge in [0.2, 0.25) is 0 Å². The van der Waals surface area contributed by atoms with E-state index in [1.165, 1.54) is 4.90 Å². The monoisotopic (exact) mass is 340 g/mol. The Morgan fingerprint density at radius 2 is 2.16 bits per heavy atom. The van der Waals surface area contributed by atoms with E-state index < -0.39 is 11.7 Å². The van der Waals surface area contributed by atoms with Crippen LogP contribution in [-0.4, -0.2) is 36.4 Å². The van der Waals surface area contributed by atoms with Gasteiger partial charge in [-0.25, -0.2) is 9.37 Å². The first-order chi connectivity index (χ1) is 11.8. The molecule has 6 heteroatoms. The van der Waals surface area contributed by atoms with Crippen molar-refractivity contribution in [3.63, 3.8) is 0 Å². The van der Waals surface area contributed by atoms with Crippen molar-refractivity contribution >= 4 is 17.4 Å². The first-order valence-corrected chi connectivity index (χ1v) is 8.39. The molecule has 0 unspecified atom stereocenters. The Hall–Kier alpha value is -2.63. The van der Waals surface area contributed by atoms with Crippen LogP contribution < -0.4 is 11.1 Å². The number of hydrogen-bond acceptors (Lipinski definition) is 4. The van der Waals surface area contributed by atoms with Crippen molar-refractivity contribution in [2.75, 3.05) is 31.7 Å². The Balaban J connectivity index is 1.83. The first-order valence-electron chi connectivity index (χ1n) is 8.39. The summed E-state index contributed by atoms with van der Waals surface area (Å²) in [6, 6.07) is 5.20. The van der Waals surface area contributed by atoms with Gasteiger partial charge in [0.05, 0.1) is 5.56 Å². The number of nitrogen functional groups attached to an aromatic ring is 1. The smallest absolute Gasteiger partial charge is 0.258 e. The molecule has 25 heavy (non-hydrogen) atoms. The van der Waals surface area contributed by atoms with Crippen LogP contribution in [0.15, 0.2) is 24.4 Å². The third-order valence-corrected chi connectivity index (χ3v) is 5.55. The van der Waals surface area contributed by atoms with E-state index in [0.29, 0.717) is 17.0 Å². The molecule has 1 aromatic carbocycles. The van der Waals surface area contributed by atoms with Gasteiger partial charge in [-0.3, -0.25) is 4.79 Å². The number of halogens is 1. The molecular formula is C19H21FN4O. The molecule has 0 radical (unpaired) electrons. The van der Waals surface area contributed by atoms with Crippen molar-refractivity contribution in [3.8, 4) is 11.1 Å². The van der Waals surface area contributed by atoms with Crippen molar-refractivity contribution in [3.05, 3.63) is 41.3 Å². The molecule has 1 aliphatic heterocycles. The summed E-state index contributed by atoms with van der Waals surface area (Å²) in [5, 5.41) is 3.34. The number of amides is 1. The third-order valence-electron chi connectivity index (χ3n) is 5.55. The lowest BCUT2D eigenvalue weighted by atomic mass is 9.94. The fraction of sp³-hybridized carbons (Fsp3) is 0.368. The maximum absolute atomic E-state index is 15.1. The second-order valence-corrected chi connectivity index (χ2v) is 7.33. The lowest BCUT2D eigenvalue weighted by molar-refractivity contribution is 0.0824. The van der Waals surface area contributed by atoms with Crippen LogP contribution in [0.3, 0.4) is 0 Å². The van der Waals surface area contributed by atoms with E-state index in [1.807, 2.05) is 6.07 Å². The van der Waals surface area contributed by atoms with Crippen LogP contribution in [0.5, 0.6) is 0 Å². The lowest BCUT2D eigenvalue weighted by Crippen LogP contribution is -2.24. The Morgan fingerprint density at radius 1 is 1.44 bits per heavy atom. The molecule has 130 valence electrons. The summed E-state index contributed by atoms with van der Waals surface area (Å²) in [6.45, 7) is 3.11. The van der Waals surface area contributed by atoms with Gasteiger partial charge in [-0.05, 0) is 30.5 Å². The minimum atomic E-state index is -0.593. The number of nitrogens with two attached hydrogens (primary N) is 1.